The van der Waals surface area contributed by atoms with Crippen molar-refractivity contribution in [1.82, 2.24) is 5.32 Å². The molecule has 14 heavy (non-hydrogen) atoms. The van der Waals surface area contributed by atoms with Crippen molar-refractivity contribution >= 4 is 21.4 Å². The van der Waals surface area contributed by atoms with Crippen LogP contribution >= 0.6 is 11.3 Å². The Hall–Kier alpha value is -0.430. The molecule has 0 aliphatic heterocycles. The van der Waals surface area contributed by atoms with Gasteiger partial charge in [0.25, 0.3) is 0 Å². The molecule has 80 valence electrons. The number of primary sulfonamides is 1. The lowest BCUT2D eigenvalue weighted by molar-refractivity contribution is 0.577. The average molecular weight is 234 g/mol. The zero-order valence-electron chi connectivity index (χ0n) is 7.93. The fourth-order valence-corrected chi connectivity index (χ4v) is 2.22. The van der Waals surface area contributed by atoms with E-state index in [0.717, 1.165) is 0 Å². The molecule has 0 saturated heterocycles. The van der Waals surface area contributed by atoms with Gasteiger partial charge in [-0.15, -0.1) is 11.3 Å². The van der Waals surface area contributed by atoms with Gasteiger partial charge in [-0.1, -0.05) is 6.07 Å². The molecule has 0 aliphatic rings. The van der Waals surface area contributed by atoms with Gasteiger partial charge in [0.2, 0.25) is 10.0 Å². The molecule has 1 heterocycles. The van der Waals surface area contributed by atoms with Gasteiger partial charge in [0, 0.05) is 17.5 Å². The van der Waals surface area contributed by atoms with E-state index in [-0.39, 0.29) is 11.8 Å². The lowest BCUT2D eigenvalue weighted by Gasteiger charge is -2.10. The number of sulfonamides is 1. The van der Waals surface area contributed by atoms with Crippen molar-refractivity contribution in [3.8, 4) is 0 Å². The molecule has 4 nitrogen and oxygen atoms in total. The van der Waals surface area contributed by atoms with Crippen LogP contribution in [0.4, 0.5) is 0 Å². The normalized spacial score (nSPS) is 14.1. The quantitative estimate of drug-likeness (QED) is 0.787. The van der Waals surface area contributed by atoms with Crippen LogP contribution in [0.15, 0.2) is 17.5 Å². The smallest absolute Gasteiger partial charge is 0.210 e. The summed E-state index contributed by atoms with van der Waals surface area (Å²) in [7, 11) is -3.35. The number of nitrogens with one attached hydrogen (secondary N) is 1. The number of nitrogens with two attached hydrogens (primary N) is 1. The first-order chi connectivity index (χ1) is 6.49. The van der Waals surface area contributed by atoms with Crippen molar-refractivity contribution in [2.75, 3.05) is 12.3 Å². The summed E-state index contributed by atoms with van der Waals surface area (Å²) < 4.78 is 21.3. The molecule has 1 rings (SSSR count). The maximum atomic E-state index is 10.6. The molecule has 0 spiro atoms. The average Bonchev–Trinajstić information content (AvgIpc) is 2.53. The van der Waals surface area contributed by atoms with Crippen LogP contribution in [0.2, 0.25) is 0 Å². The first kappa shape index (κ1) is 11.6. The second-order valence-corrected chi connectivity index (χ2v) is 5.77. The summed E-state index contributed by atoms with van der Waals surface area (Å²) >= 11 is 1.65. The summed E-state index contributed by atoms with van der Waals surface area (Å²) in [5, 5.41) is 9.96. The van der Waals surface area contributed by atoms with Crippen LogP contribution in [0.25, 0.3) is 0 Å². The molecule has 0 aromatic carbocycles. The Bertz CT molecular complexity index is 359. The second kappa shape index (κ2) is 4.88. The Morgan fingerprint density at radius 2 is 2.36 bits per heavy atom. The highest BCUT2D eigenvalue weighted by Crippen LogP contribution is 2.17. The molecule has 3 N–H and O–H groups in total. The molecular formula is C8H14N2O2S2. The first-order valence-electron chi connectivity index (χ1n) is 4.26. The molecule has 0 amide bonds. The van der Waals surface area contributed by atoms with Gasteiger partial charge in [-0.3, -0.25) is 0 Å². The van der Waals surface area contributed by atoms with Gasteiger partial charge >= 0.3 is 0 Å². The third-order valence-electron chi connectivity index (χ3n) is 1.81. The van der Waals surface area contributed by atoms with Gasteiger partial charge in [0.15, 0.2) is 0 Å². The molecule has 0 fully saturated rings. The molecule has 0 unspecified atom stereocenters. The van der Waals surface area contributed by atoms with Gasteiger partial charge in [0.1, 0.15) is 0 Å². The number of hydrogen-bond acceptors (Lipinski definition) is 4. The molecule has 1 atom stereocenters. The molecule has 1 aromatic rings. The van der Waals surface area contributed by atoms with Crippen molar-refractivity contribution in [1.29, 1.82) is 0 Å². The molecule has 0 bridgehead atoms. The van der Waals surface area contributed by atoms with Crippen LogP contribution in [0, 0.1) is 0 Å². The van der Waals surface area contributed by atoms with Gasteiger partial charge in [-0.25, -0.2) is 13.6 Å². The van der Waals surface area contributed by atoms with E-state index in [2.05, 4.69) is 5.32 Å². The zero-order valence-corrected chi connectivity index (χ0v) is 9.57. The summed E-state index contributed by atoms with van der Waals surface area (Å²) in [6.45, 7) is 2.38. The first-order valence-corrected chi connectivity index (χ1v) is 6.86. The lowest BCUT2D eigenvalue weighted by atomic mass is 10.3. The highest BCUT2D eigenvalue weighted by molar-refractivity contribution is 7.89. The minimum atomic E-state index is -3.35. The van der Waals surface area contributed by atoms with E-state index in [1.807, 2.05) is 24.4 Å². The molecule has 0 aliphatic carbocycles. The van der Waals surface area contributed by atoms with E-state index < -0.39 is 10.0 Å². The third kappa shape index (κ3) is 4.19. The monoisotopic (exact) mass is 234 g/mol. The maximum absolute atomic E-state index is 10.6. The molecule has 0 saturated carbocycles. The van der Waals surface area contributed by atoms with E-state index >= 15 is 0 Å². The van der Waals surface area contributed by atoms with Crippen LogP contribution < -0.4 is 10.5 Å². The van der Waals surface area contributed by atoms with Crippen molar-refractivity contribution in [2.24, 2.45) is 5.14 Å². The van der Waals surface area contributed by atoms with E-state index in [0.29, 0.717) is 6.54 Å². The number of hydrogen-bond donors (Lipinski definition) is 2. The van der Waals surface area contributed by atoms with Gasteiger partial charge in [-0.05, 0) is 18.4 Å². The largest absolute Gasteiger partial charge is 0.308 e. The van der Waals surface area contributed by atoms with E-state index in [1.54, 1.807) is 11.3 Å². The van der Waals surface area contributed by atoms with Crippen LogP contribution in [0.1, 0.15) is 17.8 Å². The minimum Gasteiger partial charge on any atom is -0.308 e. The number of rotatable bonds is 5. The summed E-state index contributed by atoms with van der Waals surface area (Å²) in [5.41, 5.74) is 0. The van der Waals surface area contributed by atoms with Gasteiger partial charge in [-0.2, -0.15) is 0 Å². The molecular weight excluding hydrogens is 220 g/mol. The molecule has 6 heteroatoms. The van der Waals surface area contributed by atoms with Gasteiger partial charge < -0.3 is 5.32 Å². The predicted octanol–water partition coefficient (Wildman–Crippen LogP) is 0.687. The molecule has 0 radical (unpaired) electrons. The number of thiophene rings is 1. The Kier molecular flexibility index (Phi) is 4.06. The fraction of sp³-hybridized carbons (Fsp3) is 0.500. The summed E-state index contributed by atoms with van der Waals surface area (Å²) in [4.78, 5) is 1.19. The van der Waals surface area contributed by atoms with Crippen LogP contribution in [-0.2, 0) is 10.0 Å². The highest BCUT2D eigenvalue weighted by Gasteiger charge is 2.07. The van der Waals surface area contributed by atoms with Crippen molar-refractivity contribution in [3.63, 3.8) is 0 Å². The SMILES string of the molecule is C[C@@H](NCCS(N)(=O)=O)c1cccs1. The third-order valence-corrected chi connectivity index (χ3v) is 3.64. The van der Waals surface area contributed by atoms with E-state index in [4.69, 9.17) is 5.14 Å². The Balaban J connectivity index is 2.33. The fourth-order valence-electron chi connectivity index (χ4n) is 1.06. The van der Waals surface area contributed by atoms with Crippen LogP contribution in [0.5, 0.6) is 0 Å². The summed E-state index contributed by atoms with van der Waals surface area (Å²) in [6, 6.07) is 4.16. The van der Waals surface area contributed by atoms with Crippen molar-refractivity contribution in [3.05, 3.63) is 22.4 Å². The Labute approximate surface area is 88.2 Å². The maximum Gasteiger partial charge on any atom is 0.210 e. The van der Waals surface area contributed by atoms with E-state index in [9.17, 15) is 8.42 Å². The zero-order chi connectivity index (χ0) is 10.6. The Morgan fingerprint density at radius 1 is 1.64 bits per heavy atom. The topological polar surface area (TPSA) is 72.2 Å². The summed E-state index contributed by atoms with van der Waals surface area (Å²) in [6.07, 6.45) is 0. The highest BCUT2D eigenvalue weighted by atomic mass is 32.2. The lowest BCUT2D eigenvalue weighted by Crippen LogP contribution is -2.28. The standard InChI is InChI=1S/C8H14N2O2S2/c1-7(8-3-2-5-13-8)10-4-6-14(9,11)12/h2-3,5,7,10H,4,6H2,1H3,(H2,9,11,12)/t7-/m1/s1. The minimum absolute atomic E-state index is 0.0251. The van der Waals surface area contributed by atoms with Gasteiger partial charge in [0.05, 0.1) is 5.75 Å². The predicted molar refractivity (Wildman–Crippen MR) is 58.7 cm³/mol. The van der Waals surface area contributed by atoms with Crippen LogP contribution in [-0.4, -0.2) is 20.7 Å². The second-order valence-electron chi connectivity index (χ2n) is 3.06. The van der Waals surface area contributed by atoms with Crippen molar-refractivity contribution in [2.45, 2.75) is 13.0 Å². The summed E-state index contributed by atoms with van der Waals surface area (Å²) in [5.74, 6) is -0.0251. The molecule has 1 aromatic heterocycles. The van der Waals surface area contributed by atoms with Crippen molar-refractivity contribution < 1.29 is 8.42 Å². The Morgan fingerprint density at radius 3 is 2.86 bits per heavy atom. The van der Waals surface area contributed by atoms with Crippen LogP contribution in [0.3, 0.4) is 0 Å². The van der Waals surface area contributed by atoms with E-state index in [1.165, 1.54) is 4.88 Å².